The first-order valence-corrected chi connectivity index (χ1v) is 14.7. The molecular weight excluding hydrogens is 550 g/mol. The van der Waals surface area contributed by atoms with Crippen molar-refractivity contribution in [2.45, 2.75) is 58.1 Å². The van der Waals surface area contributed by atoms with Crippen molar-refractivity contribution in [2.24, 2.45) is 0 Å². The summed E-state index contributed by atoms with van der Waals surface area (Å²) in [4.78, 5) is 28.5. The third-order valence-corrected chi connectivity index (χ3v) is 8.53. The van der Waals surface area contributed by atoms with Gasteiger partial charge in [-0.25, -0.2) is 8.42 Å². The van der Waals surface area contributed by atoms with Gasteiger partial charge in [-0.1, -0.05) is 53.6 Å². The number of hydrogen-bond acceptors (Lipinski definition) is 5. The van der Waals surface area contributed by atoms with Crippen LogP contribution < -0.4 is 14.4 Å². The molecule has 0 heterocycles. The number of ether oxygens (including phenoxy) is 1. The van der Waals surface area contributed by atoms with Crippen molar-refractivity contribution in [1.29, 1.82) is 0 Å². The van der Waals surface area contributed by atoms with Crippen LogP contribution in [0, 0.1) is 13.8 Å². The number of sulfonamides is 1. The molecule has 40 heavy (non-hydrogen) atoms. The zero-order valence-electron chi connectivity index (χ0n) is 23.6. The van der Waals surface area contributed by atoms with Crippen molar-refractivity contribution < 1.29 is 22.7 Å². The largest absolute Gasteiger partial charge is 0.495 e. The van der Waals surface area contributed by atoms with E-state index in [2.05, 4.69) is 5.32 Å². The van der Waals surface area contributed by atoms with Crippen LogP contribution in [0.25, 0.3) is 0 Å². The molecule has 0 radical (unpaired) electrons. The quantitative estimate of drug-likeness (QED) is 0.338. The van der Waals surface area contributed by atoms with E-state index in [1.165, 1.54) is 24.1 Å². The van der Waals surface area contributed by atoms with Gasteiger partial charge in [0.1, 0.15) is 18.3 Å². The number of rotatable bonds is 11. The number of nitrogens with zero attached hydrogens (tertiary/aromatic N) is 2. The molecule has 0 saturated heterocycles. The van der Waals surface area contributed by atoms with Crippen LogP contribution in [-0.4, -0.2) is 50.9 Å². The summed E-state index contributed by atoms with van der Waals surface area (Å²) in [6.45, 7) is 8.38. The lowest BCUT2D eigenvalue weighted by Gasteiger charge is -2.33. The van der Waals surface area contributed by atoms with Gasteiger partial charge in [-0.3, -0.25) is 13.9 Å². The number of amides is 2. The van der Waals surface area contributed by atoms with Gasteiger partial charge in [0.15, 0.2) is 0 Å². The maximum atomic E-state index is 14.0. The Morgan fingerprint density at radius 2 is 1.57 bits per heavy atom. The molecule has 3 aromatic carbocycles. The lowest BCUT2D eigenvalue weighted by molar-refractivity contribution is -0.139. The number of aryl methyl sites for hydroxylation is 2. The van der Waals surface area contributed by atoms with E-state index in [1.54, 1.807) is 61.5 Å². The van der Waals surface area contributed by atoms with Crippen molar-refractivity contribution in [3.63, 3.8) is 0 Å². The monoisotopic (exact) mass is 585 g/mol. The van der Waals surface area contributed by atoms with Crippen molar-refractivity contribution in [3.8, 4) is 5.75 Å². The van der Waals surface area contributed by atoms with Crippen LogP contribution in [0.5, 0.6) is 5.75 Å². The Bertz CT molecular complexity index is 1460. The van der Waals surface area contributed by atoms with Crippen LogP contribution in [-0.2, 0) is 26.2 Å². The van der Waals surface area contributed by atoms with E-state index in [1.807, 2.05) is 27.7 Å². The summed E-state index contributed by atoms with van der Waals surface area (Å²) in [6.07, 6.45) is 0. The smallest absolute Gasteiger partial charge is 0.264 e. The Hall–Kier alpha value is -3.56. The van der Waals surface area contributed by atoms with E-state index in [0.29, 0.717) is 10.6 Å². The molecule has 3 aromatic rings. The third-order valence-electron chi connectivity index (χ3n) is 6.39. The molecule has 1 atom stereocenters. The van der Waals surface area contributed by atoms with E-state index in [0.717, 1.165) is 15.4 Å². The van der Waals surface area contributed by atoms with Crippen LogP contribution in [0.2, 0.25) is 5.02 Å². The number of anilines is 1. The SMILES string of the molecule is COc1ccc(C)cc1N(CC(=O)N(Cc1ccccc1Cl)C(C)C(=O)NC(C)C)S(=O)(=O)c1ccc(C)cc1. The number of carbonyl (C=O) groups is 2. The molecular formula is C30H36ClN3O5S. The molecule has 0 aromatic heterocycles. The summed E-state index contributed by atoms with van der Waals surface area (Å²) < 4.78 is 34.6. The predicted molar refractivity (Wildman–Crippen MR) is 158 cm³/mol. The van der Waals surface area contributed by atoms with E-state index < -0.39 is 28.5 Å². The first-order chi connectivity index (χ1) is 18.8. The van der Waals surface area contributed by atoms with Gasteiger partial charge in [-0.2, -0.15) is 0 Å². The molecule has 8 nitrogen and oxygen atoms in total. The molecule has 0 aliphatic rings. The Morgan fingerprint density at radius 3 is 2.17 bits per heavy atom. The summed E-state index contributed by atoms with van der Waals surface area (Å²) in [5.41, 5.74) is 2.52. The molecule has 1 unspecified atom stereocenters. The molecule has 10 heteroatoms. The molecule has 0 fully saturated rings. The maximum absolute atomic E-state index is 14.0. The minimum atomic E-state index is -4.22. The van der Waals surface area contributed by atoms with Gasteiger partial charge in [0.2, 0.25) is 11.8 Å². The van der Waals surface area contributed by atoms with Crippen molar-refractivity contribution in [3.05, 3.63) is 88.4 Å². The van der Waals surface area contributed by atoms with E-state index in [-0.39, 0.29) is 34.8 Å². The highest BCUT2D eigenvalue weighted by Crippen LogP contribution is 2.34. The molecule has 1 N–H and O–H groups in total. The van der Waals surface area contributed by atoms with E-state index in [9.17, 15) is 18.0 Å². The number of halogens is 1. The number of nitrogens with one attached hydrogen (secondary N) is 1. The molecule has 2 amide bonds. The average molecular weight is 586 g/mol. The van der Waals surface area contributed by atoms with E-state index in [4.69, 9.17) is 16.3 Å². The van der Waals surface area contributed by atoms with Crippen molar-refractivity contribution in [2.75, 3.05) is 18.0 Å². The first kappa shape index (κ1) is 31.0. The molecule has 0 spiro atoms. The highest BCUT2D eigenvalue weighted by molar-refractivity contribution is 7.92. The number of methoxy groups -OCH3 is 1. The predicted octanol–water partition coefficient (Wildman–Crippen LogP) is 5.10. The minimum absolute atomic E-state index is 0.00849. The summed E-state index contributed by atoms with van der Waals surface area (Å²) in [6, 6.07) is 17.5. The molecule has 0 aliphatic heterocycles. The Balaban J connectivity index is 2.12. The average Bonchev–Trinajstić information content (AvgIpc) is 2.90. The van der Waals surface area contributed by atoms with Gasteiger partial charge in [0.25, 0.3) is 10.0 Å². The fourth-order valence-electron chi connectivity index (χ4n) is 4.14. The molecule has 3 rings (SSSR count). The lowest BCUT2D eigenvalue weighted by Crippen LogP contribution is -2.52. The summed E-state index contributed by atoms with van der Waals surface area (Å²) in [7, 11) is -2.78. The normalized spacial score (nSPS) is 12.1. The van der Waals surface area contributed by atoms with Crippen LogP contribution in [0.15, 0.2) is 71.6 Å². The number of hydrogen-bond donors (Lipinski definition) is 1. The van der Waals surface area contributed by atoms with Crippen molar-refractivity contribution >= 4 is 39.1 Å². The fraction of sp³-hybridized carbons (Fsp3) is 0.333. The Labute approximate surface area is 241 Å². The first-order valence-electron chi connectivity index (χ1n) is 12.9. The summed E-state index contributed by atoms with van der Waals surface area (Å²) >= 11 is 6.40. The second-order valence-electron chi connectivity index (χ2n) is 9.95. The van der Waals surface area contributed by atoms with Crippen LogP contribution in [0.4, 0.5) is 5.69 Å². The van der Waals surface area contributed by atoms with E-state index >= 15 is 0 Å². The molecule has 0 bridgehead atoms. The standard InChI is InChI=1S/C30H36ClN3O5S/c1-20(2)32-30(36)23(5)33(18-24-9-7-8-10-26(24)31)29(35)19-34(27-17-22(4)13-16-28(27)39-6)40(37,38)25-14-11-21(3)12-15-25/h7-17,20,23H,18-19H2,1-6H3,(H,32,36). The second kappa shape index (κ2) is 13.2. The van der Waals surface area contributed by atoms with Gasteiger partial charge in [-0.15, -0.1) is 0 Å². The van der Waals surface area contributed by atoms with Crippen LogP contribution in [0.1, 0.15) is 37.5 Å². The second-order valence-corrected chi connectivity index (χ2v) is 12.2. The molecule has 0 aliphatic carbocycles. The van der Waals surface area contributed by atoms with Crippen LogP contribution >= 0.6 is 11.6 Å². The van der Waals surface area contributed by atoms with Gasteiger partial charge in [0.05, 0.1) is 17.7 Å². The molecule has 0 saturated carbocycles. The number of benzene rings is 3. The fourth-order valence-corrected chi connectivity index (χ4v) is 5.76. The van der Waals surface area contributed by atoms with Crippen LogP contribution in [0.3, 0.4) is 0 Å². The zero-order valence-corrected chi connectivity index (χ0v) is 25.2. The highest BCUT2D eigenvalue weighted by atomic mass is 35.5. The minimum Gasteiger partial charge on any atom is -0.495 e. The van der Waals surface area contributed by atoms with Crippen molar-refractivity contribution in [1.82, 2.24) is 10.2 Å². The number of carbonyl (C=O) groups excluding carboxylic acids is 2. The Kier molecular flexibility index (Phi) is 10.2. The molecule has 214 valence electrons. The van der Waals surface area contributed by atoms with Gasteiger partial charge >= 0.3 is 0 Å². The zero-order chi connectivity index (χ0) is 29.6. The Morgan fingerprint density at radius 1 is 0.950 bits per heavy atom. The lowest BCUT2D eigenvalue weighted by atomic mass is 10.1. The van der Waals surface area contributed by atoms with Gasteiger partial charge in [-0.05, 0) is 76.1 Å². The van der Waals surface area contributed by atoms with Gasteiger partial charge in [0, 0.05) is 17.6 Å². The maximum Gasteiger partial charge on any atom is 0.264 e. The third kappa shape index (κ3) is 7.34. The summed E-state index contributed by atoms with van der Waals surface area (Å²) in [5, 5.41) is 3.26. The topological polar surface area (TPSA) is 96.0 Å². The highest BCUT2D eigenvalue weighted by Gasteiger charge is 2.34. The summed E-state index contributed by atoms with van der Waals surface area (Å²) in [5.74, 6) is -0.653. The van der Waals surface area contributed by atoms with Gasteiger partial charge < -0.3 is 15.0 Å².